The number of esters is 1. The lowest BCUT2D eigenvalue weighted by Crippen LogP contribution is -2.46. The molecule has 0 aromatic heterocycles. The van der Waals surface area contributed by atoms with Gasteiger partial charge >= 0.3 is 18.2 Å². The van der Waals surface area contributed by atoms with Gasteiger partial charge in [-0.1, -0.05) is 0 Å². The van der Waals surface area contributed by atoms with Gasteiger partial charge in [0.15, 0.2) is 0 Å². The van der Waals surface area contributed by atoms with Gasteiger partial charge in [0.2, 0.25) is 0 Å². The molecule has 164 valence electrons. The molecule has 2 N–H and O–H groups in total. The Labute approximate surface area is 169 Å². The van der Waals surface area contributed by atoms with Crippen LogP contribution in [0.3, 0.4) is 0 Å². The van der Waals surface area contributed by atoms with E-state index in [1.54, 1.807) is 62.3 Å². The number of carbonyl (C=O) groups is 3. The number of rotatable bonds is 7. The Morgan fingerprint density at radius 3 is 1.64 bits per heavy atom. The van der Waals surface area contributed by atoms with E-state index < -0.39 is 41.0 Å². The molecule has 0 rings (SSSR count). The van der Waals surface area contributed by atoms with Crippen LogP contribution in [0.25, 0.3) is 0 Å². The second kappa shape index (κ2) is 10.5. The van der Waals surface area contributed by atoms with Crippen LogP contribution >= 0.6 is 0 Å². The Hall–Kier alpha value is -1.99. The summed E-state index contributed by atoms with van der Waals surface area (Å²) in [5.74, 6) is -0.515. The zero-order valence-corrected chi connectivity index (χ0v) is 18.9. The third-order valence-electron chi connectivity index (χ3n) is 2.97. The predicted octanol–water partition coefficient (Wildman–Crippen LogP) is 3.92. The van der Waals surface area contributed by atoms with E-state index in [2.05, 4.69) is 10.6 Å². The van der Waals surface area contributed by atoms with Gasteiger partial charge < -0.3 is 24.8 Å². The van der Waals surface area contributed by atoms with Crippen molar-refractivity contribution < 1.29 is 28.6 Å². The van der Waals surface area contributed by atoms with E-state index in [0.717, 1.165) is 0 Å². The first-order valence-corrected chi connectivity index (χ1v) is 9.68. The Kier molecular flexibility index (Phi) is 9.78. The van der Waals surface area contributed by atoms with E-state index in [4.69, 9.17) is 14.2 Å². The second-order valence-corrected chi connectivity index (χ2v) is 9.66. The maximum absolute atomic E-state index is 12.4. The number of ether oxygens (including phenoxy) is 3. The van der Waals surface area contributed by atoms with Crippen molar-refractivity contribution in [2.75, 3.05) is 6.54 Å². The molecule has 1 atom stereocenters. The zero-order chi connectivity index (χ0) is 22.2. The third-order valence-corrected chi connectivity index (χ3v) is 2.97. The SMILES string of the molecule is CC(C)(C)OC(=O)NCCCCC(NC(=O)OC(C)(C)C)C(=O)OC(C)(C)C. The molecule has 0 heterocycles. The summed E-state index contributed by atoms with van der Waals surface area (Å²) in [5.41, 5.74) is -1.88. The van der Waals surface area contributed by atoms with Crippen molar-refractivity contribution in [1.82, 2.24) is 10.6 Å². The molecule has 0 aromatic rings. The van der Waals surface area contributed by atoms with Crippen LogP contribution in [0.4, 0.5) is 9.59 Å². The summed E-state index contributed by atoms with van der Waals surface area (Å²) in [6.45, 7) is 16.3. The van der Waals surface area contributed by atoms with Crippen molar-refractivity contribution in [2.45, 2.75) is 104 Å². The highest BCUT2D eigenvalue weighted by atomic mass is 16.6. The number of carbonyl (C=O) groups excluding carboxylic acids is 3. The van der Waals surface area contributed by atoms with Gasteiger partial charge in [0.05, 0.1) is 0 Å². The standard InChI is InChI=1S/C20H38N2O6/c1-18(2,3)26-15(23)14(22-17(25)28-20(7,8)9)12-10-11-13-21-16(24)27-19(4,5)6/h14H,10-13H2,1-9H3,(H,21,24)(H,22,25). The van der Waals surface area contributed by atoms with Crippen molar-refractivity contribution in [3.8, 4) is 0 Å². The van der Waals surface area contributed by atoms with Crippen LogP contribution in [0.2, 0.25) is 0 Å². The number of hydrogen-bond donors (Lipinski definition) is 2. The fraction of sp³-hybridized carbons (Fsp3) is 0.850. The average Bonchev–Trinajstić information content (AvgIpc) is 2.39. The van der Waals surface area contributed by atoms with Gasteiger partial charge in [-0.3, -0.25) is 0 Å². The van der Waals surface area contributed by atoms with Gasteiger partial charge in [-0.05, 0) is 81.6 Å². The summed E-state index contributed by atoms with van der Waals surface area (Å²) in [5, 5.41) is 5.24. The van der Waals surface area contributed by atoms with Gasteiger partial charge in [0.1, 0.15) is 22.8 Å². The van der Waals surface area contributed by atoms with Crippen molar-refractivity contribution >= 4 is 18.2 Å². The van der Waals surface area contributed by atoms with Gasteiger partial charge in [-0.15, -0.1) is 0 Å². The van der Waals surface area contributed by atoms with Crippen LogP contribution in [0.5, 0.6) is 0 Å². The van der Waals surface area contributed by atoms with Crippen molar-refractivity contribution in [3.63, 3.8) is 0 Å². The van der Waals surface area contributed by atoms with E-state index in [-0.39, 0.29) is 0 Å². The Bertz CT molecular complexity index is 526. The molecule has 0 radical (unpaired) electrons. The van der Waals surface area contributed by atoms with E-state index >= 15 is 0 Å². The molecule has 0 aromatic carbocycles. The molecule has 0 bridgehead atoms. The highest BCUT2D eigenvalue weighted by molar-refractivity contribution is 5.81. The fourth-order valence-corrected chi connectivity index (χ4v) is 2.05. The normalized spacial score (nSPS) is 13.3. The number of nitrogens with one attached hydrogen (secondary N) is 2. The molecular weight excluding hydrogens is 364 g/mol. The van der Waals surface area contributed by atoms with E-state index in [0.29, 0.717) is 25.8 Å². The molecule has 0 aliphatic rings. The monoisotopic (exact) mass is 402 g/mol. The van der Waals surface area contributed by atoms with Crippen LogP contribution in [0.15, 0.2) is 0 Å². The summed E-state index contributed by atoms with van der Waals surface area (Å²) in [6.07, 6.45) is 0.423. The third kappa shape index (κ3) is 15.1. The minimum absolute atomic E-state index is 0.365. The number of amides is 2. The second-order valence-electron chi connectivity index (χ2n) is 9.66. The molecule has 8 heteroatoms. The fourth-order valence-electron chi connectivity index (χ4n) is 2.05. The minimum Gasteiger partial charge on any atom is -0.458 e. The van der Waals surface area contributed by atoms with Gasteiger partial charge in [0, 0.05) is 6.54 Å². The van der Waals surface area contributed by atoms with Gasteiger partial charge in [0.25, 0.3) is 0 Å². The first-order valence-electron chi connectivity index (χ1n) is 9.68. The lowest BCUT2D eigenvalue weighted by molar-refractivity contribution is -0.157. The van der Waals surface area contributed by atoms with Crippen LogP contribution in [0, 0.1) is 0 Å². The lowest BCUT2D eigenvalue weighted by Gasteiger charge is -2.26. The highest BCUT2D eigenvalue weighted by Gasteiger charge is 2.28. The maximum atomic E-state index is 12.4. The van der Waals surface area contributed by atoms with Crippen LogP contribution in [-0.4, -0.2) is 47.5 Å². The summed E-state index contributed by atoms with van der Waals surface area (Å²) in [7, 11) is 0. The summed E-state index contributed by atoms with van der Waals surface area (Å²) in [4.78, 5) is 36.1. The summed E-state index contributed by atoms with van der Waals surface area (Å²) >= 11 is 0. The minimum atomic E-state index is -0.824. The smallest absolute Gasteiger partial charge is 0.408 e. The van der Waals surface area contributed by atoms with Crippen LogP contribution in [0.1, 0.15) is 81.6 Å². The molecule has 0 saturated carbocycles. The number of unbranched alkanes of at least 4 members (excludes halogenated alkanes) is 1. The number of alkyl carbamates (subject to hydrolysis) is 2. The molecular formula is C20H38N2O6. The Balaban J connectivity index is 4.58. The number of hydrogen-bond acceptors (Lipinski definition) is 6. The van der Waals surface area contributed by atoms with Gasteiger partial charge in [-0.2, -0.15) is 0 Å². The largest absolute Gasteiger partial charge is 0.458 e. The van der Waals surface area contributed by atoms with Crippen molar-refractivity contribution in [1.29, 1.82) is 0 Å². The predicted molar refractivity (Wildman–Crippen MR) is 107 cm³/mol. The molecule has 0 aliphatic heterocycles. The van der Waals surface area contributed by atoms with Crippen LogP contribution in [-0.2, 0) is 19.0 Å². The molecule has 0 saturated heterocycles. The topological polar surface area (TPSA) is 103 Å². The molecule has 2 amide bonds. The Morgan fingerprint density at radius 1 is 0.714 bits per heavy atom. The van der Waals surface area contributed by atoms with E-state index in [9.17, 15) is 14.4 Å². The van der Waals surface area contributed by atoms with Crippen LogP contribution < -0.4 is 10.6 Å². The Morgan fingerprint density at radius 2 is 1.18 bits per heavy atom. The van der Waals surface area contributed by atoms with Gasteiger partial charge in [-0.25, -0.2) is 14.4 Å². The summed E-state index contributed by atoms with van der Waals surface area (Å²) < 4.78 is 15.8. The van der Waals surface area contributed by atoms with Crippen molar-refractivity contribution in [2.24, 2.45) is 0 Å². The molecule has 28 heavy (non-hydrogen) atoms. The molecule has 0 fully saturated rings. The zero-order valence-electron chi connectivity index (χ0n) is 18.9. The maximum Gasteiger partial charge on any atom is 0.408 e. The molecule has 0 spiro atoms. The summed E-state index contributed by atoms with van der Waals surface area (Å²) in [6, 6.07) is -0.824. The molecule has 0 aliphatic carbocycles. The molecule has 1 unspecified atom stereocenters. The lowest BCUT2D eigenvalue weighted by atomic mass is 10.1. The van der Waals surface area contributed by atoms with Crippen molar-refractivity contribution in [3.05, 3.63) is 0 Å². The average molecular weight is 403 g/mol. The first kappa shape index (κ1) is 26.0. The first-order chi connectivity index (χ1) is 12.5. The van der Waals surface area contributed by atoms with E-state index in [1.165, 1.54) is 0 Å². The molecule has 8 nitrogen and oxygen atoms in total. The quantitative estimate of drug-likeness (QED) is 0.380. The van der Waals surface area contributed by atoms with E-state index in [1.807, 2.05) is 0 Å². The highest BCUT2D eigenvalue weighted by Crippen LogP contribution is 2.13.